The summed E-state index contributed by atoms with van der Waals surface area (Å²) < 4.78 is 5.22. The minimum absolute atomic E-state index is 0.817. The average molecular weight is 224 g/mol. The molecule has 0 saturated heterocycles. The van der Waals surface area contributed by atoms with Gasteiger partial charge in [0.15, 0.2) is 0 Å². The topological polar surface area (TPSA) is 12.5 Å². The predicted molar refractivity (Wildman–Crippen MR) is 63.7 cm³/mol. The number of hydrogen-bond acceptors (Lipinski definition) is 2. The van der Waals surface area contributed by atoms with Crippen molar-refractivity contribution in [2.75, 3.05) is 18.6 Å². The lowest BCUT2D eigenvalue weighted by Crippen LogP contribution is -2.20. The second kappa shape index (κ2) is 4.15. The Morgan fingerprint density at radius 3 is 2.93 bits per heavy atom. The number of benzene rings is 1. The van der Waals surface area contributed by atoms with Crippen LogP contribution in [0.15, 0.2) is 29.4 Å². The van der Waals surface area contributed by atoms with Gasteiger partial charge in [-0.2, -0.15) is 0 Å². The molecule has 0 unspecified atom stereocenters. The van der Waals surface area contributed by atoms with Crippen LogP contribution in [0.2, 0.25) is 0 Å². The predicted octanol–water partition coefficient (Wildman–Crippen LogP) is 3.16. The first-order valence-electron chi connectivity index (χ1n) is 5.04. The van der Waals surface area contributed by atoms with Crippen molar-refractivity contribution >= 4 is 17.3 Å². The highest BCUT2D eigenvalue weighted by Gasteiger charge is 2.15. The van der Waals surface area contributed by atoms with E-state index in [9.17, 15) is 0 Å². The fraction of sp³-hybridized carbons (Fsp3) is 0.333. The van der Waals surface area contributed by atoms with E-state index in [1.807, 2.05) is 12.3 Å². The number of halogens is 1. The molecule has 0 bridgehead atoms. The van der Waals surface area contributed by atoms with Gasteiger partial charge >= 0.3 is 0 Å². The molecule has 0 radical (unpaired) electrons. The van der Waals surface area contributed by atoms with Crippen LogP contribution in [0, 0.1) is 0 Å². The highest BCUT2D eigenvalue weighted by Crippen LogP contribution is 2.33. The van der Waals surface area contributed by atoms with Crippen molar-refractivity contribution in [1.29, 1.82) is 0 Å². The van der Waals surface area contributed by atoms with E-state index in [-0.39, 0.29) is 0 Å². The van der Waals surface area contributed by atoms with Crippen molar-refractivity contribution in [3.63, 3.8) is 0 Å². The SMILES string of the molecule is CCN1C=C(Cl)Cc2ccc(OC)cc21. The van der Waals surface area contributed by atoms with Crippen LogP contribution in [0.25, 0.3) is 0 Å². The van der Waals surface area contributed by atoms with Crippen molar-refractivity contribution in [3.05, 3.63) is 35.0 Å². The van der Waals surface area contributed by atoms with E-state index in [0.29, 0.717) is 0 Å². The Bertz CT molecular complexity index is 401. The molecular weight excluding hydrogens is 210 g/mol. The summed E-state index contributed by atoms with van der Waals surface area (Å²) in [6.45, 7) is 3.02. The van der Waals surface area contributed by atoms with Crippen molar-refractivity contribution in [2.24, 2.45) is 0 Å². The van der Waals surface area contributed by atoms with Gasteiger partial charge in [-0.1, -0.05) is 17.7 Å². The third-order valence-corrected chi connectivity index (χ3v) is 2.83. The number of methoxy groups -OCH3 is 1. The van der Waals surface area contributed by atoms with E-state index in [1.165, 1.54) is 11.3 Å². The van der Waals surface area contributed by atoms with Gasteiger partial charge < -0.3 is 9.64 Å². The molecule has 0 spiro atoms. The number of anilines is 1. The van der Waals surface area contributed by atoms with E-state index >= 15 is 0 Å². The van der Waals surface area contributed by atoms with Crippen LogP contribution in [0.3, 0.4) is 0 Å². The lowest BCUT2D eigenvalue weighted by atomic mass is 10.1. The summed E-state index contributed by atoms with van der Waals surface area (Å²) in [7, 11) is 1.68. The van der Waals surface area contributed by atoms with Gasteiger partial charge in [0.1, 0.15) is 5.75 Å². The molecule has 0 N–H and O–H groups in total. The minimum atomic E-state index is 0.817. The molecule has 0 aromatic heterocycles. The van der Waals surface area contributed by atoms with Gasteiger partial charge in [0.05, 0.1) is 7.11 Å². The molecule has 80 valence electrons. The maximum atomic E-state index is 6.08. The Hall–Kier alpha value is -1.15. The van der Waals surface area contributed by atoms with Gasteiger partial charge in [-0.05, 0) is 18.6 Å². The number of hydrogen-bond donors (Lipinski definition) is 0. The average Bonchev–Trinajstić information content (AvgIpc) is 2.27. The Morgan fingerprint density at radius 2 is 2.27 bits per heavy atom. The second-order valence-electron chi connectivity index (χ2n) is 3.53. The van der Waals surface area contributed by atoms with E-state index in [1.54, 1.807) is 7.11 Å². The Balaban J connectivity index is 2.44. The number of allylic oxidation sites excluding steroid dienone is 1. The third kappa shape index (κ3) is 1.95. The van der Waals surface area contributed by atoms with E-state index in [2.05, 4.69) is 24.0 Å². The summed E-state index contributed by atoms with van der Waals surface area (Å²) in [6, 6.07) is 6.10. The quantitative estimate of drug-likeness (QED) is 0.764. The molecular formula is C12H14ClNO. The fourth-order valence-corrected chi connectivity index (χ4v) is 2.08. The summed E-state index contributed by atoms with van der Waals surface area (Å²) in [6.07, 6.45) is 2.81. The zero-order chi connectivity index (χ0) is 10.8. The Labute approximate surface area is 95.1 Å². The van der Waals surface area contributed by atoms with Gasteiger partial charge in [-0.25, -0.2) is 0 Å². The maximum absolute atomic E-state index is 6.08. The number of nitrogens with zero attached hydrogens (tertiary/aromatic N) is 1. The van der Waals surface area contributed by atoms with Gasteiger partial charge in [0.25, 0.3) is 0 Å². The molecule has 1 aliphatic heterocycles. The van der Waals surface area contributed by atoms with Crippen LogP contribution in [0.5, 0.6) is 5.75 Å². The fourth-order valence-electron chi connectivity index (χ4n) is 1.82. The Morgan fingerprint density at radius 1 is 1.47 bits per heavy atom. The standard InChI is InChI=1S/C12H14ClNO/c1-3-14-8-10(13)6-9-4-5-11(15-2)7-12(9)14/h4-5,7-8H,3,6H2,1-2H3. The van der Waals surface area contributed by atoms with E-state index < -0.39 is 0 Å². The molecule has 1 aromatic rings. The monoisotopic (exact) mass is 223 g/mol. The second-order valence-corrected chi connectivity index (χ2v) is 4.02. The zero-order valence-corrected chi connectivity index (χ0v) is 9.71. The smallest absolute Gasteiger partial charge is 0.120 e. The molecule has 2 nitrogen and oxygen atoms in total. The molecule has 1 aliphatic rings. The lowest BCUT2D eigenvalue weighted by Gasteiger charge is -2.27. The summed E-state index contributed by atoms with van der Waals surface area (Å²) in [5.74, 6) is 0.888. The van der Waals surface area contributed by atoms with E-state index in [4.69, 9.17) is 16.3 Å². The highest BCUT2D eigenvalue weighted by molar-refractivity contribution is 6.30. The van der Waals surface area contributed by atoms with Crippen molar-refractivity contribution in [2.45, 2.75) is 13.3 Å². The van der Waals surface area contributed by atoms with E-state index in [0.717, 1.165) is 23.7 Å². The normalized spacial score (nSPS) is 14.6. The van der Waals surface area contributed by atoms with Crippen LogP contribution >= 0.6 is 11.6 Å². The van der Waals surface area contributed by atoms with Crippen LogP contribution in [-0.2, 0) is 6.42 Å². The molecule has 0 saturated carbocycles. The summed E-state index contributed by atoms with van der Waals surface area (Å²) >= 11 is 6.08. The molecule has 0 aliphatic carbocycles. The largest absolute Gasteiger partial charge is 0.497 e. The summed E-state index contributed by atoms with van der Waals surface area (Å²) in [4.78, 5) is 2.14. The molecule has 0 atom stereocenters. The third-order valence-electron chi connectivity index (χ3n) is 2.60. The van der Waals surface area contributed by atoms with Gasteiger partial charge in [-0.15, -0.1) is 0 Å². The first-order valence-corrected chi connectivity index (χ1v) is 5.42. The molecule has 3 heteroatoms. The molecule has 1 aromatic carbocycles. The number of fused-ring (bicyclic) bond motifs is 1. The molecule has 15 heavy (non-hydrogen) atoms. The molecule has 1 heterocycles. The highest BCUT2D eigenvalue weighted by atomic mass is 35.5. The van der Waals surface area contributed by atoms with Crippen LogP contribution in [0.4, 0.5) is 5.69 Å². The van der Waals surface area contributed by atoms with Gasteiger partial charge in [-0.3, -0.25) is 0 Å². The maximum Gasteiger partial charge on any atom is 0.120 e. The lowest BCUT2D eigenvalue weighted by molar-refractivity contribution is 0.414. The van der Waals surface area contributed by atoms with Crippen molar-refractivity contribution in [3.8, 4) is 5.75 Å². The first kappa shape index (κ1) is 10.4. The molecule has 0 amide bonds. The van der Waals surface area contributed by atoms with Gasteiger partial charge in [0, 0.05) is 36.0 Å². The number of ether oxygens (including phenoxy) is 1. The summed E-state index contributed by atoms with van der Waals surface area (Å²) in [5, 5.41) is 0.884. The van der Waals surface area contributed by atoms with Crippen LogP contribution in [-0.4, -0.2) is 13.7 Å². The first-order chi connectivity index (χ1) is 7.24. The summed E-state index contributed by atoms with van der Waals surface area (Å²) in [5.41, 5.74) is 2.45. The minimum Gasteiger partial charge on any atom is -0.497 e. The van der Waals surface area contributed by atoms with Crippen LogP contribution < -0.4 is 9.64 Å². The van der Waals surface area contributed by atoms with Gasteiger partial charge in [0.2, 0.25) is 0 Å². The Kier molecular flexibility index (Phi) is 2.87. The zero-order valence-electron chi connectivity index (χ0n) is 8.96. The molecule has 2 rings (SSSR count). The molecule has 0 fully saturated rings. The van der Waals surface area contributed by atoms with Crippen LogP contribution in [0.1, 0.15) is 12.5 Å². The number of rotatable bonds is 2. The van der Waals surface area contributed by atoms with Crippen molar-refractivity contribution in [1.82, 2.24) is 0 Å². The van der Waals surface area contributed by atoms with Crippen molar-refractivity contribution < 1.29 is 4.74 Å².